The van der Waals surface area contributed by atoms with Gasteiger partial charge < -0.3 is 25.0 Å². The zero-order valence-electron chi connectivity index (χ0n) is 21.4. The van der Waals surface area contributed by atoms with Gasteiger partial charge in [0.2, 0.25) is 0 Å². The highest BCUT2D eigenvalue weighted by Gasteiger charge is 2.29. The topological polar surface area (TPSA) is 125 Å². The van der Waals surface area contributed by atoms with Crippen LogP contribution in [0.2, 0.25) is 0 Å². The lowest BCUT2D eigenvalue weighted by Gasteiger charge is -2.35. The van der Waals surface area contributed by atoms with Crippen molar-refractivity contribution in [3.8, 4) is 17.1 Å². The number of carboxylic acid groups (broad SMARTS) is 1. The first-order valence-corrected chi connectivity index (χ1v) is 13.2. The molecule has 1 saturated heterocycles. The van der Waals surface area contributed by atoms with Gasteiger partial charge in [0.15, 0.2) is 5.82 Å². The number of nitrogens with zero attached hydrogens (tertiary/aromatic N) is 6. The maximum Gasteiger partial charge on any atom is 0.407 e. The second kappa shape index (κ2) is 10.7. The number of ether oxygens (including phenoxy) is 1. The fourth-order valence-corrected chi connectivity index (χ4v) is 5.40. The summed E-state index contributed by atoms with van der Waals surface area (Å²) < 4.78 is 7.02. The lowest BCUT2D eigenvalue weighted by atomic mass is 10.0. The van der Waals surface area contributed by atoms with Crippen LogP contribution < -0.4 is 10.1 Å². The molecule has 0 bridgehead atoms. The zero-order valence-corrected chi connectivity index (χ0v) is 22.2. The number of hydrogen-bond donors (Lipinski definition) is 2. The van der Waals surface area contributed by atoms with Gasteiger partial charge in [0.25, 0.3) is 5.91 Å². The summed E-state index contributed by atoms with van der Waals surface area (Å²) in [5.41, 5.74) is 2.06. The van der Waals surface area contributed by atoms with Gasteiger partial charge in [-0.1, -0.05) is 12.1 Å². The van der Waals surface area contributed by atoms with Gasteiger partial charge in [-0.2, -0.15) is 5.10 Å². The molecular formula is C26H29N7O4S. The number of rotatable bonds is 7. The molecule has 2 amide bonds. The smallest absolute Gasteiger partial charge is 0.407 e. The van der Waals surface area contributed by atoms with Gasteiger partial charge in [-0.15, -0.1) is 11.3 Å². The summed E-state index contributed by atoms with van der Waals surface area (Å²) in [5.74, 6) is 1.51. The molecule has 3 aromatic heterocycles. The molecule has 11 nitrogen and oxygen atoms in total. The number of piperidine rings is 1. The van der Waals surface area contributed by atoms with E-state index in [0.29, 0.717) is 37.6 Å². The molecule has 1 aromatic carbocycles. The molecule has 12 heteroatoms. The maximum atomic E-state index is 13.6. The van der Waals surface area contributed by atoms with E-state index >= 15 is 0 Å². The molecule has 0 radical (unpaired) electrons. The lowest BCUT2D eigenvalue weighted by Crippen LogP contribution is -2.47. The third-order valence-electron chi connectivity index (χ3n) is 6.90. The van der Waals surface area contributed by atoms with Crippen LogP contribution in [-0.4, -0.2) is 79.8 Å². The van der Waals surface area contributed by atoms with E-state index in [9.17, 15) is 14.7 Å². The van der Waals surface area contributed by atoms with Crippen LogP contribution in [0.25, 0.3) is 16.2 Å². The summed E-state index contributed by atoms with van der Waals surface area (Å²) in [6, 6.07) is 9.24. The number of carbonyl (C=O) groups excluding carboxylic acids is 1. The fourth-order valence-electron chi connectivity index (χ4n) is 4.60. The molecule has 1 aliphatic rings. The Hall–Kier alpha value is -4.19. The minimum absolute atomic E-state index is 0.0946. The second-order valence-electron chi connectivity index (χ2n) is 9.23. The summed E-state index contributed by atoms with van der Waals surface area (Å²) >= 11 is 1.52. The van der Waals surface area contributed by atoms with Crippen LogP contribution in [0.4, 0.5) is 10.6 Å². The molecule has 38 heavy (non-hydrogen) atoms. The fraction of sp³-hybridized carbons (Fsp3) is 0.346. The molecule has 0 aliphatic carbocycles. The van der Waals surface area contributed by atoms with Crippen LogP contribution in [0.5, 0.6) is 5.75 Å². The number of nitrogens with one attached hydrogen (secondary N) is 1. The van der Waals surface area contributed by atoms with E-state index in [0.717, 1.165) is 21.7 Å². The number of anilines is 1. The van der Waals surface area contributed by atoms with Crippen molar-refractivity contribution in [1.82, 2.24) is 29.4 Å². The van der Waals surface area contributed by atoms with Crippen LogP contribution in [0, 0.1) is 0 Å². The van der Waals surface area contributed by atoms with E-state index in [1.165, 1.54) is 16.2 Å². The van der Waals surface area contributed by atoms with Gasteiger partial charge in [-0.05, 0) is 37.5 Å². The minimum atomic E-state index is -0.960. The second-order valence-corrected chi connectivity index (χ2v) is 10.1. The molecule has 1 atom stereocenters. The molecule has 4 aromatic rings. The summed E-state index contributed by atoms with van der Waals surface area (Å²) in [5, 5.41) is 19.0. The van der Waals surface area contributed by atoms with Crippen molar-refractivity contribution in [3.63, 3.8) is 0 Å². The molecule has 0 spiro atoms. The predicted molar refractivity (Wildman–Crippen MR) is 144 cm³/mol. The van der Waals surface area contributed by atoms with Crippen molar-refractivity contribution < 1.29 is 19.4 Å². The number of hydrogen-bond acceptors (Lipinski definition) is 8. The van der Waals surface area contributed by atoms with Crippen molar-refractivity contribution >= 4 is 34.0 Å². The first-order chi connectivity index (χ1) is 18.3. The summed E-state index contributed by atoms with van der Waals surface area (Å²) in [6.07, 6.45) is 3.76. The van der Waals surface area contributed by atoms with Crippen molar-refractivity contribution in [3.05, 3.63) is 59.4 Å². The number of likely N-dealkylation sites (tertiary alicyclic amines) is 1. The molecule has 4 heterocycles. The Morgan fingerprint density at radius 3 is 2.63 bits per heavy atom. The van der Waals surface area contributed by atoms with Gasteiger partial charge in [-0.25, -0.2) is 19.3 Å². The third kappa shape index (κ3) is 5.12. The highest BCUT2D eigenvalue weighted by molar-refractivity contribution is 7.16. The molecule has 0 unspecified atom stereocenters. The van der Waals surface area contributed by atoms with E-state index in [1.54, 1.807) is 35.8 Å². The molecule has 1 fully saturated rings. The largest absolute Gasteiger partial charge is 0.497 e. The molecule has 1 aliphatic heterocycles. The average molecular weight is 536 g/mol. The quantitative estimate of drug-likeness (QED) is 0.360. The number of methoxy groups -OCH3 is 1. The van der Waals surface area contributed by atoms with Crippen LogP contribution in [0.15, 0.2) is 48.1 Å². The number of aromatic nitrogens is 4. The number of thiazole rings is 1. The Balaban J connectivity index is 1.43. The monoisotopic (exact) mass is 535 g/mol. The van der Waals surface area contributed by atoms with Crippen molar-refractivity contribution in [2.24, 2.45) is 0 Å². The molecular weight excluding hydrogens is 506 g/mol. The van der Waals surface area contributed by atoms with Gasteiger partial charge in [0, 0.05) is 49.9 Å². The number of benzene rings is 1. The Bertz CT molecular complexity index is 1440. The average Bonchev–Trinajstić information content (AvgIpc) is 3.56. The highest BCUT2D eigenvalue weighted by Crippen LogP contribution is 2.28. The molecule has 198 valence electrons. The first-order valence-electron chi connectivity index (χ1n) is 12.3. The Kier molecular flexibility index (Phi) is 7.14. The number of fused-ring (bicyclic) bond motifs is 1. The standard InChI is InChI=1S/C26H29N7O4S/c1-16(17-4-6-19(37-3)7-5-17)28-22-14-21(24(34)32-10-8-18(9-11-32)31(2)26(35)36)29-23(30-22)20-15-27-33-12-13-38-25(20)33/h4-7,12-16,18H,8-11H2,1-3H3,(H,35,36)(H,28,29,30)/t16-/m1/s1. The highest BCUT2D eigenvalue weighted by atomic mass is 32.1. The Labute approximate surface area is 223 Å². The molecule has 5 rings (SSSR count). The first kappa shape index (κ1) is 25.5. The number of amides is 2. The lowest BCUT2D eigenvalue weighted by molar-refractivity contribution is 0.0638. The zero-order chi connectivity index (χ0) is 26.8. The van der Waals surface area contributed by atoms with Crippen LogP contribution in [0.1, 0.15) is 41.9 Å². The van der Waals surface area contributed by atoms with E-state index in [4.69, 9.17) is 9.72 Å². The minimum Gasteiger partial charge on any atom is -0.497 e. The van der Waals surface area contributed by atoms with Crippen molar-refractivity contribution in [2.45, 2.75) is 31.8 Å². The third-order valence-corrected chi connectivity index (χ3v) is 7.79. The van der Waals surface area contributed by atoms with Crippen LogP contribution >= 0.6 is 11.3 Å². The molecule has 2 N–H and O–H groups in total. The summed E-state index contributed by atoms with van der Waals surface area (Å²) in [4.78, 5) is 38.2. The van der Waals surface area contributed by atoms with Gasteiger partial charge in [0.05, 0.1) is 18.9 Å². The van der Waals surface area contributed by atoms with E-state index in [2.05, 4.69) is 15.4 Å². The van der Waals surface area contributed by atoms with E-state index in [-0.39, 0.29) is 23.7 Å². The Morgan fingerprint density at radius 1 is 1.21 bits per heavy atom. The van der Waals surface area contributed by atoms with Crippen LogP contribution in [-0.2, 0) is 0 Å². The predicted octanol–water partition coefficient (Wildman–Crippen LogP) is 4.25. The van der Waals surface area contributed by atoms with Gasteiger partial charge in [0.1, 0.15) is 22.1 Å². The van der Waals surface area contributed by atoms with Gasteiger partial charge >= 0.3 is 6.09 Å². The summed E-state index contributed by atoms with van der Waals surface area (Å²) in [6.45, 7) is 2.93. The van der Waals surface area contributed by atoms with Gasteiger partial charge in [-0.3, -0.25) is 4.79 Å². The number of carbonyl (C=O) groups is 2. The normalized spacial score (nSPS) is 14.9. The Morgan fingerprint density at radius 2 is 1.95 bits per heavy atom. The summed E-state index contributed by atoms with van der Waals surface area (Å²) in [7, 11) is 3.20. The van der Waals surface area contributed by atoms with Crippen LogP contribution in [0.3, 0.4) is 0 Å². The molecule has 0 saturated carbocycles. The van der Waals surface area contributed by atoms with E-state index in [1.807, 2.05) is 42.8 Å². The van der Waals surface area contributed by atoms with Crippen molar-refractivity contribution in [2.75, 3.05) is 32.6 Å². The van der Waals surface area contributed by atoms with E-state index < -0.39 is 6.09 Å². The maximum absolute atomic E-state index is 13.6. The SMILES string of the molecule is COc1ccc([C@@H](C)Nc2cc(C(=O)N3CCC(N(C)C(=O)O)CC3)nc(-c3cnn4ccsc34)n2)cc1. The van der Waals surface area contributed by atoms with Crippen molar-refractivity contribution in [1.29, 1.82) is 0 Å².